The van der Waals surface area contributed by atoms with Crippen LogP contribution in [-0.4, -0.2) is 43.1 Å². The second kappa shape index (κ2) is 7.84. The van der Waals surface area contributed by atoms with Crippen LogP contribution in [-0.2, 0) is 4.74 Å². The van der Waals surface area contributed by atoms with Crippen molar-refractivity contribution in [3.63, 3.8) is 0 Å². The minimum Gasteiger partial charge on any atom is -0.454 e. The van der Waals surface area contributed by atoms with Crippen molar-refractivity contribution in [1.29, 1.82) is 0 Å². The monoisotopic (exact) mass is 391 g/mol. The first-order valence-electron chi connectivity index (χ1n) is 9.53. The molecule has 0 radical (unpaired) electrons. The number of fused-ring (bicyclic) bond motifs is 1. The van der Waals surface area contributed by atoms with Gasteiger partial charge in [0.05, 0.1) is 13.2 Å². The summed E-state index contributed by atoms with van der Waals surface area (Å²) >= 11 is 0. The zero-order chi connectivity index (χ0) is 19.5. The number of hydrogen-bond donors (Lipinski definition) is 2. The Morgan fingerprint density at radius 3 is 2.48 bits per heavy atom. The fourth-order valence-corrected chi connectivity index (χ4v) is 3.32. The highest BCUT2D eigenvalue weighted by Crippen LogP contribution is 2.35. The van der Waals surface area contributed by atoms with E-state index in [9.17, 15) is 0 Å². The van der Waals surface area contributed by atoms with Gasteiger partial charge in [-0.1, -0.05) is 0 Å². The highest BCUT2D eigenvalue weighted by molar-refractivity contribution is 5.64. The van der Waals surface area contributed by atoms with E-state index >= 15 is 0 Å². The maximum absolute atomic E-state index is 5.42. The summed E-state index contributed by atoms with van der Waals surface area (Å²) in [5.41, 5.74) is 2.99. The van der Waals surface area contributed by atoms with Crippen molar-refractivity contribution < 1.29 is 14.2 Å². The molecule has 0 aliphatic carbocycles. The quantitative estimate of drug-likeness (QED) is 0.684. The third-order valence-corrected chi connectivity index (χ3v) is 4.80. The third kappa shape index (κ3) is 4.02. The van der Waals surface area contributed by atoms with E-state index in [4.69, 9.17) is 14.2 Å². The van der Waals surface area contributed by atoms with Gasteiger partial charge in [0.25, 0.3) is 0 Å². The van der Waals surface area contributed by atoms with Crippen LogP contribution >= 0.6 is 0 Å². The molecule has 1 fully saturated rings. The van der Waals surface area contributed by atoms with E-state index in [1.165, 1.54) is 5.69 Å². The Morgan fingerprint density at radius 1 is 0.828 bits per heavy atom. The van der Waals surface area contributed by atoms with Crippen molar-refractivity contribution in [2.75, 3.05) is 48.6 Å². The molecule has 0 saturated carbocycles. The summed E-state index contributed by atoms with van der Waals surface area (Å²) in [7, 11) is 0. The molecule has 2 aromatic carbocycles. The van der Waals surface area contributed by atoms with Gasteiger partial charge in [-0.3, -0.25) is 0 Å². The van der Waals surface area contributed by atoms with E-state index in [0.29, 0.717) is 11.8 Å². The van der Waals surface area contributed by atoms with Crippen molar-refractivity contribution >= 4 is 28.8 Å². The maximum atomic E-state index is 5.42. The molecule has 0 spiro atoms. The first-order valence-corrected chi connectivity index (χ1v) is 9.53. The van der Waals surface area contributed by atoms with Crippen molar-refractivity contribution in [1.82, 2.24) is 9.97 Å². The summed E-state index contributed by atoms with van der Waals surface area (Å²) in [5, 5.41) is 6.52. The topological polar surface area (TPSA) is 80.8 Å². The van der Waals surface area contributed by atoms with Crippen LogP contribution in [0.1, 0.15) is 0 Å². The maximum Gasteiger partial charge on any atom is 0.231 e. The molecule has 2 aliphatic heterocycles. The van der Waals surface area contributed by atoms with Crippen molar-refractivity contribution in [2.24, 2.45) is 0 Å². The van der Waals surface area contributed by atoms with Crippen molar-refractivity contribution in [3.05, 3.63) is 54.7 Å². The molecule has 3 aromatic rings. The molecule has 5 rings (SSSR count). The molecule has 1 aromatic heterocycles. The number of nitrogens with zero attached hydrogens (tertiary/aromatic N) is 3. The van der Waals surface area contributed by atoms with E-state index in [1.807, 2.05) is 36.4 Å². The highest BCUT2D eigenvalue weighted by atomic mass is 16.7. The Morgan fingerprint density at radius 2 is 1.62 bits per heavy atom. The largest absolute Gasteiger partial charge is 0.454 e. The lowest BCUT2D eigenvalue weighted by Gasteiger charge is -2.28. The predicted octanol–water partition coefficient (Wildman–Crippen LogP) is 3.53. The summed E-state index contributed by atoms with van der Waals surface area (Å²) < 4.78 is 16.2. The number of morpholine rings is 1. The molecule has 1 saturated heterocycles. The lowest BCUT2D eigenvalue weighted by atomic mass is 10.2. The smallest absolute Gasteiger partial charge is 0.231 e. The average Bonchev–Trinajstić information content (AvgIpc) is 3.23. The number of aromatic nitrogens is 2. The number of ether oxygens (including phenoxy) is 3. The van der Waals surface area contributed by atoms with Gasteiger partial charge in [0, 0.05) is 42.4 Å². The Labute approximate surface area is 168 Å². The number of benzene rings is 2. The normalized spacial score (nSPS) is 15.2. The van der Waals surface area contributed by atoms with Crippen LogP contribution in [0.3, 0.4) is 0 Å². The zero-order valence-electron chi connectivity index (χ0n) is 15.8. The Kier molecular flexibility index (Phi) is 4.75. The van der Waals surface area contributed by atoms with Crippen LogP contribution in [0.5, 0.6) is 11.5 Å². The van der Waals surface area contributed by atoms with Gasteiger partial charge in [0.15, 0.2) is 11.5 Å². The van der Waals surface area contributed by atoms with Crippen molar-refractivity contribution in [3.8, 4) is 11.5 Å². The summed E-state index contributed by atoms with van der Waals surface area (Å²) in [6, 6.07) is 15.8. The van der Waals surface area contributed by atoms with E-state index in [0.717, 1.165) is 49.2 Å². The highest BCUT2D eigenvalue weighted by Gasteiger charge is 2.14. The molecule has 0 atom stereocenters. The first-order chi connectivity index (χ1) is 14.3. The van der Waals surface area contributed by atoms with E-state index in [-0.39, 0.29) is 6.79 Å². The molecule has 0 unspecified atom stereocenters. The lowest BCUT2D eigenvalue weighted by Crippen LogP contribution is -2.36. The molecule has 0 amide bonds. The molecule has 3 heterocycles. The summed E-state index contributed by atoms with van der Waals surface area (Å²) in [6.07, 6.45) is 1.72. The fraction of sp³-hybridized carbons (Fsp3) is 0.238. The molecule has 2 aliphatic rings. The third-order valence-electron chi connectivity index (χ3n) is 4.80. The van der Waals surface area contributed by atoms with Gasteiger partial charge in [0.1, 0.15) is 5.82 Å². The van der Waals surface area contributed by atoms with Crippen LogP contribution in [0.15, 0.2) is 54.7 Å². The number of hydrogen-bond acceptors (Lipinski definition) is 8. The number of rotatable bonds is 5. The molecule has 0 bridgehead atoms. The standard InChI is InChI=1S/C21H21N5O3/c1-4-17(26-9-11-27-12-10-26)5-2-15(1)24-21-22-8-7-20(25-21)23-16-3-6-18-19(13-16)29-14-28-18/h1-8,13H,9-12,14H2,(H2,22,23,24,25). The van der Waals surface area contributed by atoms with E-state index in [1.54, 1.807) is 6.20 Å². The van der Waals surface area contributed by atoms with Crippen molar-refractivity contribution in [2.45, 2.75) is 0 Å². The van der Waals surface area contributed by atoms with Crippen LogP contribution in [0.2, 0.25) is 0 Å². The Balaban J connectivity index is 1.26. The minimum absolute atomic E-state index is 0.255. The molecule has 2 N–H and O–H groups in total. The SMILES string of the molecule is c1cc(Nc2ccc3c(c2)OCO3)nc(Nc2ccc(N3CCOCC3)cc2)n1. The van der Waals surface area contributed by atoms with Crippen LogP contribution in [0.25, 0.3) is 0 Å². The number of anilines is 5. The van der Waals surface area contributed by atoms with Gasteiger partial charge < -0.3 is 29.7 Å². The molecular weight excluding hydrogens is 370 g/mol. The molecule has 8 nitrogen and oxygen atoms in total. The van der Waals surface area contributed by atoms with Gasteiger partial charge in [-0.05, 0) is 42.5 Å². The summed E-state index contributed by atoms with van der Waals surface area (Å²) in [6.45, 7) is 3.64. The van der Waals surface area contributed by atoms with Gasteiger partial charge in [0.2, 0.25) is 12.7 Å². The van der Waals surface area contributed by atoms with Gasteiger partial charge in [-0.2, -0.15) is 4.98 Å². The van der Waals surface area contributed by atoms with Crippen LogP contribution in [0.4, 0.5) is 28.8 Å². The van der Waals surface area contributed by atoms with E-state index < -0.39 is 0 Å². The second-order valence-corrected chi connectivity index (χ2v) is 6.73. The summed E-state index contributed by atoms with van der Waals surface area (Å²) in [4.78, 5) is 11.2. The van der Waals surface area contributed by atoms with Gasteiger partial charge in [-0.25, -0.2) is 4.98 Å². The van der Waals surface area contributed by atoms with Crippen LogP contribution < -0.4 is 25.0 Å². The molecule has 8 heteroatoms. The van der Waals surface area contributed by atoms with Crippen LogP contribution in [0, 0.1) is 0 Å². The number of nitrogens with one attached hydrogen (secondary N) is 2. The van der Waals surface area contributed by atoms with Gasteiger partial charge in [-0.15, -0.1) is 0 Å². The molecule has 148 valence electrons. The second-order valence-electron chi connectivity index (χ2n) is 6.73. The lowest BCUT2D eigenvalue weighted by molar-refractivity contribution is 0.122. The molecular formula is C21H21N5O3. The zero-order valence-corrected chi connectivity index (χ0v) is 15.8. The Hall–Kier alpha value is -3.52. The average molecular weight is 391 g/mol. The molecule has 29 heavy (non-hydrogen) atoms. The fourth-order valence-electron chi connectivity index (χ4n) is 3.32. The predicted molar refractivity (Wildman–Crippen MR) is 111 cm³/mol. The summed E-state index contributed by atoms with van der Waals surface area (Å²) in [5.74, 6) is 2.69. The van der Waals surface area contributed by atoms with Gasteiger partial charge >= 0.3 is 0 Å². The first kappa shape index (κ1) is 17.6. The van der Waals surface area contributed by atoms with E-state index in [2.05, 4.69) is 37.6 Å². The minimum atomic E-state index is 0.255. The Bertz CT molecular complexity index is 990.